The van der Waals surface area contributed by atoms with E-state index in [1.807, 2.05) is 37.4 Å². The van der Waals surface area contributed by atoms with Crippen LogP contribution in [-0.2, 0) is 16.6 Å². The monoisotopic (exact) mass is 310 g/mol. The number of benzene rings is 1. The second-order valence-electron chi connectivity index (χ2n) is 6.03. The quantitative estimate of drug-likeness (QED) is 0.876. The van der Waals surface area contributed by atoms with Gasteiger partial charge >= 0.3 is 0 Å². The van der Waals surface area contributed by atoms with E-state index in [1.165, 1.54) is 4.31 Å². The van der Waals surface area contributed by atoms with Crippen molar-refractivity contribution in [1.29, 1.82) is 0 Å². The van der Waals surface area contributed by atoms with Crippen LogP contribution >= 0.6 is 0 Å². The predicted octanol–water partition coefficient (Wildman–Crippen LogP) is 2.23. The van der Waals surface area contributed by atoms with Crippen LogP contribution in [0.5, 0.6) is 0 Å². The SMILES string of the molecule is CNC1CCC(CS(=O)(=O)N(C)Cc2ccccc2)CC1. The Kier molecular flexibility index (Phi) is 5.79. The molecule has 1 aliphatic rings. The summed E-state index contributed by atoms with van der Waals surface area (Å²) in [5, 5.41) is 3.28. The highest BCUT2D eigenvalue weighted by atomic mass is 32.2. The third-order valence-corrected chi connectivity index (χ3v) is 6.40. The van der Waals surface area contributed by atoms with Crippen molar-refractivity contribution in [3.8, 4) is 0 Å². The van der Waals surface area contributed by atoms with Crippen LogP contribution in [0.25, 0.3) is 0 Å². The van der Waals surface area contributed by atoms with Crippen molar-refractivity contribution >= 4 is 10.0 Å². The molecule has 0 spiro atoms. The first-order valence-corrected chi connectivity index (χ1v) is 9.27. The Morgan fingerprint density at radius 1 is 1.14 bits per heavy atom. The zero-order valence-electron chi connectivity index (χ0n) is 13.0. The molecule has 21 heavy (non-hydrogen) atoms. The number of rotatable bonds is 6. The normalized spacial score (nSPS) is 23.4. The molecule has 1 aromatic rings. The van der Waals surface area contributed by atoms with Gasteiger partial charge < -0.3 is 5.32 Å². The summed E-state index contributed by atoms with van der Waals surface area (Å²) in [4.78, 5) is 0. The fourth-order valence-corrected chi connectivity index (χ4v) is 4.51. The Morgan fingerprint density at radius 2 is 1.76 bits per heavy atom. The highest BCUT2D eigenvalue weighted by Gasteiger charge is 2.27. The summed E-state index contributed by atoms with van der Waals surface area (Å²) in [6.07, 6.45) is 4.17. The van der Waals surface area contributed by atoms with Crippen molar-refractivity contribution in [3.05, 3.63) is 35.9 Å². The second-order valence-corrected chi connectivity index (χ2v) is 8.15. The van der Waals surface area contributed by atoms with Crippen LogP contribution in [0.4, 0.5) is 0 Å². The molecular weight excluding hydrogens is 284 g/mol. The molecule has 0 aromatic heterocycles. The molecule has 2 rings (SSSR count). The Bertz CT molecular complexity index is 522. The number of nitrogens with one attached hydrogen (secondary N) is 1. The molecule has 0 radical (unpaired) electrons. The van der Waals surface area contributed by atoms with E-state index < -0.39 is 10.0 Å². The van der Waals surface area contributed by atoms with E-state index in [1.54, 1.807) is 7.05 Å². The maximum absolute atomic E-state index is 12.5. The first kappa shape index (κ1) is 16.5. The molecule has 0 atom stereocenters. The lowest BCUT2D eigenvalue weighted by atomic mass is 9.87. The molecule has 1 saturated carbocycles. The van der Waals surface area contributed by atoms with Crippen LogP contribution in [0.1, 0.15) is 31.2 Å². The van der Waals surface area contributed by atoms with Crippen molar-refractivity contribution in [2.24, 2.45) is 5.92 Å². The van der Waals surface area contributed by atoms with Gasteiger partial charge in [-0.1, -0.05) is 30.3 Å². The summed E-state index contributed by atoms with van der Waals surface area (Å²) in [6.45, 7) is 0.453. The predicted molar refractivity (Wildman–Crippen MR) is 86.5 cm³/mol. The summed E-state index contributed by atoms with van der Waals surface area (Å²) >= 11 is 0. The largest absolute Gasteiger partial charge is 0.317 e. The molecule has 0 saturated heterocycles. The topological polar surface area (TPSA) is 49.4 Å². The average Bonchev–Trinajstić information content (AvgIpc) is 2.48. The zero-order valence-corrected chi connectivity index (χ0v) is 13.8. The van der Waals surface area contributed by atoms with Crippen molar-refractivity contribution in [3.63, 3.8) is 0 Å². The van der Waals surface area contributed by atoms with Gasteiger partial charge in [0.05, 0.1) is 5.75 Å². The third kappa shape index (κ3) is 4.80. The van der Waals surface area contributed by atoms with Crippen molar-refractivity contribution in [1.82, 2.24) is 9.62 Å². The molecule has 0 heterocycles. The number of sulfonamides is 1. The first-order chi connectivity index (χ1) is 10.0. The van der Waals surface area contributed by atoms with E-state index in [4.69, 9.17) is 0 Å². The fraction of sp³-hybridized carbons (Fsp3) is 0.625. The third-order valence-electron chi connectivity index (χ3n) is 4.42. The maximum Gasteiger partial charge on any atom is 0.214 e. The minimum absolute atomic E-state index is 0.284. The summed E-state index contributed by atoms with van der Waals surface area (Å²) in [7, 11) is 0.494. The van der Waals surface area contributed by atoms with E-state index in [0.717, 1.165) is 31.2 Å². The highest BCUT2D eigenvalue weighted by Crippen LogP contribution is 2.26. The minimum Gasteiger partial charge on any atom is -0.317 e. The van der Waals surface area contributed by atoms with Gasteiger partial charge in [0, 0.05) is 19.6 Å². The number of hydrogen-bond acceptors (Lipinski definition) is 3. The van der Waals surface area contributed by atoms with Crippen LogP contribution in [0.2, 0.25) is 0 Å². The first-order valence-electron chi connectivity index (χ1n) is 7.66. The van der Waals surface area contributed by atoms with Gasteiger partial charge in [0.1, 0.15) is 0 Å². The van der Waals surface area contributed by atoms with Gasteiger partial charge in [-0.2, -0.15) is 0 Å². The maximum atomic E-state index is 12.5. The lowest BCUT2D eigenvalue weighted by Gasteiger charge is -2.29. The summed E-state index contributed by atoms with van der Waals surface area (Å²) < 4.78 is 26.4. The molecule has 1 aromatic carbocycles. The van der Waals surface area contributed by atoms with Crippen molar-refractivity contribution in [2.75, 3.05) is 19.8 Å². The lowest BCUT2D eigenvalue weighted by molar-refractivity contribution is 0.316. The molecular formula is C16H26N2O2S. The van der Waals surface area contributed by atoms with E-state index in [9.17, 15) is 8.42 Å². The molecule has 0 unspecified atom stereocenters. The van der Waals surface area contributed by atoms with Crippen LogP contribution in [-0.4, -0.2) is 38.6 Å². The average molecular weight is 310 g/mol. The molecule has 0 bridgehead atoms. The van der Waals surface area contributed by atoms with Gasteiger partial charge in [0.25, 0.3) is 0 Å². The molecule has 118 valence electrons. The van der Waals surface area contributed by atoms with E-state index in [0.29, 0.717) is 18.5 Å². The van der Waals surface area contributed by atoms with Crippen LogP contribution < -0.4 is 5.32 Å². The molecule has 1 N–H and O–H groups in total. The number of nitrogens with zero attached hydrogens (tertiary/aromatic N) is 1. The molecule has 1 fully saturated rings. The minimum atomic E-state index is -3.17. The van der Waals surface area contributed by atoms with E-state index >= 15 is 0 Å². The molecule has 5 heteroatoms. The Hall–Kier alpha value is -0.910. The smallest absolute Gasteiger partial charge is 0.214 e. The van der Waals surface area contributed by atoms with Gasteiger partial charge in [-0.3, -0.25) is 0 Å². The van der Waals surface area contributed by atoms with Gasteiger partial charge in [-0.25, -0.2) is 12.7 Å². The Balaban J connectivity index is 1.89. The van der Waals surface area contributed by atoms with Crippen molar-refractivity contribution < 1.29 is 8.42 Å². The van der Waals surface area contributed by atoms with Crippen LogP contribution in [0.3, 0.4) is 0 Å². The Morgan fingerprint density at radius 3 is 2.33 bits per heavy atom. The fourth-order valence-electron chi connectivity index (χ4n) is 2.98. The Labute approximate surface area is 128 Å². The van der Waals surface area contributed by atoms with Gasteiger partial charge in [0.2, 0.25) is 10.0 Å². The molecule has 0 aliphatic heterocycles. The molecule has 4 nitrogen and oxygen atoms in total. The molecule has 1 aliphatic carbocycles. The molecule has 0 amide bonds. The highest BCUT2D eigenvalue weighted by molar-refractivity contribution is 7.89. The van der Waals surface area contributed by atoms with Crippen molar-refractivity contribution in [2.45, 2.75) is 38.3 Å². The summed E-state index contributed by atoms with van der Waals surface area (Å²) in [5.41, 5.74) is 1.03. The van der Waals surface area contributed by atoms with E-state index in [2.05, 4.69) is 5.32 Å². The van der Waals surface area contributed by atoms with Gasteiger partial charge in [-0.05, 0) is 44.2 Å². The zero-order chi connectivity index (χ0) is 15.3. The summed E-state index contributed by atoms with van der Waals surface area (Å²) in [5.74, 6) is 0.588. The van der Waals surface area contributed by atoms with Gasteiger partial charge in [0.15, 0.2) is 0 Å². The van der Waals surface area contributed by atoms with E-state index in [-0.39, 0.29) is 5.75 Å². The summed E-state index contributed by atoms with van der Waals surface area (Å²) in [6, 6.07) is 10.3. The lowest BCUT2D eigenvalue weighted by Crippen LogP contribution is -2.36. The van der Waals surface area contributed by atoms with Crippen LogP contribution in [0, 0.1) is 5.92 Å². The second kappa shape index (κ2) is 7.38. The number of hydrogen-bond donors (Lipinski definition) is 1. The van der Waals surface area contributed by atoms with Gasteiger partial charge in [-0.15, -0.1) is 0 Å². The van der Waals surface area contributed by atoms with Crippen LogP contribution in [0.15, 0.2) is 30.3 Å². The standard InChI is InChI=1S/C16H26N2O2S/c1-17-16-10-8-15(9-11-16)13-21(19,20)18(2)12-14-6-4-3-5-7-14/h3-7,15-17H,8-13H2,1-2H3.